The van der Waals surface area contributed by atoms with Gasteiger partial charge in [-0.2, -0.15) is 0 Å². The van der Waals surface area contributed by atoms with Crippen LogP contribution in [-0.2, 0) is 10.2 Å². The molecule has 1 aliphatic carbocycles. The van der Waals surface area contributed by atoms with Crippen LogP contribution < -0.4 is 0 Å². The van der Waals surface area contributed by atoms with Gasteiger partial charge in [0.25, 0.3) is 0 Å². The zero-order chi connectivity index (χ0) is 13.0. The molecule has 1 amide bonds. The molecule has 1 aromatic carbocycles. The minimum absolute atomic E-state index is 0.233. The van der Waals surface area contributed by atoms with Crippen LogP contribution in [0.5, 0.6) is 0 Å². The summed E-state index contributed by atoms with van der Waals surface area (Å²) in [4.78, 5) is 14.6. The van der Waals surface area contributed by atoms with Crippen LogP contribution in [0.3, 0.4) is 0 Å². The van der Waals surface area contributed by atoms with Crippen molar-refractivity contribution in [3.63, 3.8) is 0 Å². The number of carbonyl (C=O) groups excluding carboxylic acids is 1. The lowest BCUT2D eigenvalue weighted by molar-refractivity contribution is -0.133. The molecule has 98 valence electrons. The Hall–Kier alpha value is -1.02. The Bertz CT molecular complexity index is 400. The molecule has 0 saturated heterocycles. The van der Waals surface area contributed by atoms with E-state index in [1.807, 2.05) is 30.0 Å². The first-order chi connectivity index (χ1) is 8.74. The Kier molecular flexibility index (Phi) is 4.28. The Morgan fingerprint density at radius 3 is 2.50 bits per heavy atom. The van der Waals surface area contributed by atoms with E-state index in [1.165, 1.54) is 5.56 Å². The molecule has 0 unspecified atom stereocenters. The fraction of sp³-hybridized carbons (Fsp3) is 0.533. The quantitative estimate of drug-likeness (QED) is 0.724. The van der Waals surface area contributed by atoms with Crippen LogP contribution >= 0.6 is 11.6 Å². The summed E-state index contributed by atoms with van der Waals surface area (Å²) in [6.45, 7) is 3.57. The van der Waals surface area contributed by atoms with Crippen LogP contribution in [0.2, 0.25) is 0 Å². The summed E-state index contributed by atoms with van der Waals surface area (Å²) in [6, 6.07) is 10.2. The van der Waals surface area contributed by atoms with E-state index in [-0.39, 0.29) is 11.3 Å². The van der Waals surface area contributed by atoms with E-state index < -0.39 is 0 Å². The maximum absolute atomic E-state index is 12.6. The first kappa shape index (κ1) is 13.4. The standard InChI is InChI=1S/C15H20ClNO/c1-2-17(12-6-11-16)14(18)15(9-10-15)13-7-4-3-5-8-13/h3-5,7-8H,2,6,9-12H2,1H3. The smallest absolute Gasteiger partial charge is 0.233 e. The highest BCUT2D eigenvalue weighted by Crippen LogP contribution is 2.49. The second kappa shape index (κ2) is 5.75. The van der Waals surface area contributed by atoms with Gasteiger partial charge in [0.1, 0.15) is 0 Å². The van der Waals surface area contributed by atoms with Crippen molar-refractivity contribution in [2.75, 3.05) is 19.0 Å². The average Bonchev–Trinajstić information content (AvgIpc) is 3.22. The summed E-state index contributed by atoms with van der Waals surface area (Å²) in [5.41, 5.74) is 0.933. The molecule has 0 bridgehead atoms. The number of alkyl halides is 1. The molecule has 0 radical (unpaired) electrons. The molecule has 1 aromatic rings. The van der Waals surface area contributed by atoms with Gasteiger partial charge in [0, 0.05) is 19.0 Å². The maximum atomic E-state index is 12.6. The van der Waals surface area contributed by atoms with Crippen molar-refractivity contribution < 1.29 is 4.79 Å². The van der Waals surface area contributed by atoms with Crippen molar-refractivity contribution in [3.8, 4) is 0 Å². The molecule has 0 N–H and O–H groups in total. The van der Waals surface area contributed by atoms with E-state index in [4.69, 9.17) is 11.6 Å². The van der Waals surface area contributed by atoms with Gasteiger partial charge in [-0.15, -0.1) is 11.6 Å². The summed E-state index contributed by atoms with van der Waals surface area (Å²) in [5.74, 6) is 0.892. The fourth-order valence-corrected chi connectivity index (χ4v) is 2.58. The third kappa shape index (κ3) is 2.54. The molecule has 0 aliphatic heterocycles. The van der Waals surface area contributed by atoms with Crippen LogP contribution in [0, 0.1) is 0 Å². The summed E-state index contributed by atoms with van der Waals surface area (Å²) >= 11 is 5.72. The van der Waals surface area contributed by atoms with Gasteiger partial charge >= 0.3 is 0 Å². The normalized spacial score (nSPS) is 16.3. The summed E-state index contributed by atoms with van der Waals surface area (Å²) in [7, 11) is 0. The summed E-state index contributed by atoms with van der Waals surface area (Å²) < 4.78 is 0. The van der Waals surface area contributed by atoms with Crippen LogP contribution in [0.25, 0.3) is 0 Å². The molecule has 1 fully saturated rings. The van der Waals surface area contributed by atoms with Crippen molar-refractivity contribution >= 4 is 17.5 Å². The molecular formula is C15H20ClNO. The van der Waals surface area contributed by atoms with E-state index in [0.29, 0.717) is 5.88 Å². The average molecular weight is 266 g/mol. The molecular weight excluding hydrogens is 246 g/mol. The van der Waals surface area contributed by atoms with Gasteiger partial charge in [-0.3, -0.25) is 4.79 Å². The van der Waals surface area contributed by atoms with Crippen LogP contribution in [0.15, 0.2) is 30.3 Å². The second-order valence-corrected chi connectivity index (χ2v) is 5.25. The zero-order valence-corrected chi connectivity index (χ0v) is 11.6. The molecule has 18 heavy (non-hydrogen) atoms. The number of halogens is 1. The molecule has 1 aliphatic rings. The van der Waals surface area contributed by atoms with Crippen LogP contribution in [0.1, 0.15) is 31.7 Å². The Morgan fingerprint density at radius 1 is 1.33 bits per heavy atom. The molecule has 0 heterocycles. The molecule has 2 rings (SSSR count). The molecule has 3 heteroatoms. The molecule has 0 aromatic heterocycles. The van der Waals surface area contributed by atoms with Gasteiger partial charge in [0.05, 0.1) is 5.41 Å². The third-order valence-corrected chi connectivity index (χ3v) is 3.98. The van der Waals surface area contributed by atoms with E-state index >= 15 is 0 Å². The second-order valence-electron chi connectivity index (χ2n) is 4.88. The SMILES string of the molecule is CCN(CCCCl)C(=O)C1(c2ccccc2)CC1. The van der Waals surface area contributed by atoms with Crippen molar-refractivity contribution in [1.82, 2.24) is 4.90 Å². The largest absolute Gasteiger partial charge is 0.342 e. The Balaban J connectivity index is 2.12. The number of likely N-dealkylation sites (N-methyl/N-ethyl adjacent to an activating group) is 1. The predicted molar refractivity (Wildman–Crippen MR) is 74.9 cm³/mol. The van der Waals surface area contributed by atoms with Crippen molar-refractivity contribution in [3.05, 3.63) is 35.9 Å². The number of nitrogens with zero attached hydrogens (tertiary/aromatic N) is 1. The van der Waals surface area contributed by atoms with Crippen LogP contribution in [0.4, 0.5) is 0 Å². The molecule has 0 spiro atoms. The van der Waals surface area contributed by atoms with Crippen molar-refractivity contribution in [2.45, 2.75) is 31.6 Å². The van der Waals surface area contributed by atoms with E-state index in [9.17, 15) is 4.79 Å². The maximum Gasteiger partial charge on any atom is 0.233 e. The van der Waals surface area contributed by atoms with Gasteiger partial charge in [-0.05, 0) is 31.7 Å². The Labute approximate surface area is 114 Å². The number of hydrogen-bond acceptors (Lipinski definition) is 1. The highest BCUT2D eigenvalue weighted by molar-refractivity contribution is 6.17. The topological polar surface area (TPSA) is 20.3 Å². The monoisotopic (exact) mass is 265 g/mol. The lowest BCUT2D eigenvalue weighted by Gasteiger charge is -2.26. The van der Waals surface area contributed by atoms with Gasteiger partial charge in [-0.1, -0.05) is 30.3 Å². The minimum atomic E-state index is -0.233. The molecule has 1 saturated carbocycles. The van der Waals surface area contributed by atoms with E-state index in [2.05, 4.69) is 12.1 Å². The molecule has 2 nitrogen and oxygen atoms in total. The van der Waals surface area contributed by atoms with E-state index in [1.54, 1.807) is 0 Å². The van der Waals surface area contributed by atoms with Crippen LogP contribution in [-0.4, -0.2) is 29.8 Å². The number of carbonyl (C=O) groups is 1. The van der Waals surface area contributed by atoms with Gasteiger partial charge < -0.3 is 4.90 Å². The van der Waals surface area contributed by atoms with Gasteiger partial charge in [0.15, 0.2) is 0 Å². The van der Waals surface area contributed by atoms with Gasteiger partial charge in [-0.25, -0.2) is 0 Å². The van der Waals surface area contributed by atoms with E-state index in [0.717, 1.165) is 32.4 Å². The predicted octanol–water partition coefficient (Wildman–Crippen LogP) is 3.20. The number of rotatable bonds is 6. The first-order valence-corrected chi connectivity index (χ1v) is 7.19. The number of amides is 1. The van der Waals surface area contributed by atoms with Crippen molar-refractivity contribution in [1.29, 1.82) is 0 Å². The highest BCUT2D eigenvalue weighted by atomic mass is 35.5. The third-order valence-electron chi connectivity index (χ3n) is 3.72. The Morgan fingerprint density at radius 2 is 2.00 bits per heavy atom. The zero-order valence-electron chi connectivity index (χ0n) is 10.9. The van der Waals surface area contributed by atoms with Gasteiger partial charge in [0.2, 0.25) is 5.91 Å². The highest BCUT2D eigenvalue weighted by Gasteiger charge is 2.52. The first-order valence-electron chi connectivity index (χ1n) is 6.65. The van der Waals surface area contributed by atoms with Crippen molar-refractivity contribution in [2.24, 2.45) is 0 Å². The lowest BCUT2D eigenvalue weighted by atomic mass is 9.94. The fourth-order valence-electron chi connectivity index (χ4n) is 2.46. The minimum Gasteiger partial charge on any atom is -0.342 e. The molecule has 0 atom stereocenters. The summed E-state index contributed by atoms with van der Waals surface area (Å²) in [5, 5.41) is 0. The number of benzene rings is 1. The lowest BCUT2D eigenvalue weighted by Crippen LogP contribution is -2.39. The number of hydrogen-bond donors (Lipinski definition) is 0. The summed E-state index contributed by atoms with van der Waals surface area (Å²) in [6.07, 6.45) is 2.83.